The summed E-state index contributed by atoms with van der Waals surface area (Å²) >= 11 is 6.25. The lowest BCUT2D eigenvalue weighted by molar-refractivity contribution is 0.434. The summed E-state index contributed by atoms with van der Waals surface area (Å²) in [6, 6.07) is 6.54. The third kappa shape index (κ3) is 3.26. The van der Waals surface area contributed by atoms with E-state index in [2.05, 4.69) is 31.3 Å². The molecule has 0 amide bonds. The highest BCUT2D eigenvalue weighted by Crippen LogP contribution is 2.33. The Labute approximate surface area is 133 Å². The maximum atomic E-state index is 6.25. The van der Waals surface area contributed by atoms with Gasteiger partial charge in [-0.2, -0.15) is 0 Å². The number of nitrogens with one attached hydrogen (secondary N) is 1. The summed E-state index contributed by atoms with van der Waals surface area (Å²) in [5.74, 6) is 1.16. The van der Waals surface area contributed by atoms with E-state index in [0.717, 1.165) is 11.6 Å². The molecule has 0 saturated heterocycles. The van der Waals surface area contributed by atoms with Crippen LogP contribution in [0, 0.1) is 11.8 Å². The summed E-state index contributed by atoms with van der Waals surface area (Å²) in [5.41, 5.74) is 3.74. The van der Waals surface area contributed by atoms with Crippen molar-refractivity contribution in [3.8, 4) is 0 Å². The molecule has 2 aliphatic rings. The first kappa shape index (κ1) is 14.9. The van der Waals surface area contributed by atoms with Gasteiger partial charge in [0, 0.05) is 34.4 Å². The van der Waals surface area contributed by atoms with Crippen molar-refractivity contribution in [2.75, 3.05) is 11.9 Å². The second kappa shape index (κ2) is 6.39. The van der Waals surface area contributed by atoms with Crippen LogP contribution in [0.25, 0.3) is 0 Å². The van der Waals surface area contributed by atoms with Gasteiger partial charge in [0.1, 0.15) is 0 Å². The summed E-state index contributed by atoms with van der Waals surface area (Å²) in [7, 11) is 0. The minimum absolute atomic E-state index is 0.355. The number of benzene rings is 1. The molecule has 1 aromatic carbocycles. The highest BCUT2D eigenvalue weighted by molar-refractivity contribution is 6.31. The van der Waals surface area contributed by atoms with Crippen molar-refractivity contribution in [3.63, 3.8) is 0 Å². The first-order valence-electron chi connectivity index (χ1n) is 8.26. The number of halogens is 1. The van der Waals surface area contributed by atoms with Crippen molar-refractivity contribution in [1.29, 1.82) is 0 Å². The van der Waals surface area contributed by atoms with Crippen LogP contribution in [0.3, 0.4) is 0 Å². The van der Waals surface area contributed by atoms with E-state index in [4.69, 9.17) is 16.6 Å². The number of rotatable bonds is 2. The topological polar surface area (TPSA) is 24.4 Å². The van der Waals surface area contributed by atoms with E-state index in [-0.39, 0.29) is 0 Å². The number of hydrogen-bond donors (Lipinski definition) is 1. The van der Waals surface area contributed by atoms with Gasteiger partial charge in [-0.25, -0.2) is 0 Å². The zero-order chi connectivity index (χ0) is 14.8. The fourth-order valence-electron chi connectivity index (χ4n) is 3.48. The number of fused-ring (bicyclic) bond motifs is 1. The van der Waals surface area contributed by atoms with Gasteiger partial charge in [-0.3, -0.25) is 4.99 Å². The summed E-state index contributed by atoms with van der Waals surface area (Å²) in [5, 5.41) is 4.39. The van der Waals surface area contributed by atoms with Crippen molar-refractivity contribution < 1.29 is 0 Å². The van der Waals surface area contributed by atoms with Crippen molar-refractivity contribution in [1.82, 2.24) is 0 Å². The van der Waals surface area contributed by atoms with Crippen LogP contribution in [0.15, 0.2) is 23.2 Å². The van der Waals surface area contributed by atoms with Crippen molar-refractivity contribution in [3.05, 3.63) is 28.8 Å². The van der Waals surface area contributed by atoms with Gasteiger partial charge in [-0.05, 0) is 37.0 Å². The van der Waals surface area contributed by atoms with Crippen molar-refractivity contribution >= 4 is 23.0 Å². The van der Waals surface area contributed by atoms with Gasteiger partial charge in [-0.15, -0.1) is 0 Å². The Morgan fingerprint density at radius 1 is 1.19 bits per heavy atom. The molecule has 1 atom stereocenters. The Bertz CT molecular complexity index is 530. The Morgan fingerprint density at radius 2 is 1.95 bits per heavy atom. The van der Waals surface area contributed by atoms with Crippen LogP contribution in [0.2, 0.25) is 5.02 Å². The lowest BCUT2D eigenvalue weighted by atomic mass is 9.82. The van der Waals surface area contributed by atoms with Gasteiger partial charge in [0.05, 0.1) is 6.04 Å². The molecule has 3 rings (SSSR count). The van der Waals surface area contributed by atoms with Gasteiger partial charge in [0.25, 0.3) is 0 Å². The summed E-state index contributed by atoms with van der Waals surface area (Å²) in [6.45, 7) is 5.44. The molecule has 3 heteroatoms. The van der Waals surface area contributed by atoms with Gasteiger partial charge in [-0.1, -0.05) is 44.7 Å². The molecule has 0 spiro atoms. The lowest BCUT2D eigenvalue weighted by Gasteiger charge is -2.25. The highest BCUT2D eigenvalue weighted by atomic mass is 35.5. The van der Waals surface area contributed by atoms with E-state index in [9.17, 15) is 0 Å². The fourth-order valence-corrected chi connectivity index (χ4v) is 3.65. The van der Waals surface area contributed by atoms with E-state index in [1.54, 1.807) is 0 Å². The molecule has 1 fully saturated rings. The number of nitrogens with zero attached hydrogens (tertiary/aromatic N) is 1. The van der Waals surface area contributed by atoms with E-state index < -0.39 is 0 Å². The maximum Gasteiger partial charge on any atom is 0.0698 e. The molecule has 0 unspecified atom stereocenters. The Morgan fingerprint density at radius 3 is 2.67 bits per heavy atom. The summed E-state index contributed by atoms with van der Waals surface area (Å²) < 4.78 is 0. The maximum absolute atomic E-state index is 6.25. The van der Waals surface area contributed by atoms with Crippen molar-refractivity contribution in [2.24, 2.45) is 16.8 Å². The van der Waals surface area contributed by atoms with Gasteiger partial charge >= 0.3 is 0 Å². The second-order valence-electron chi connectivity index (χ2n) is 6.73. The standard InChI is InChI=1S/C18H25ClN2/c1-12(2)17-11-20-16-9-8-14(19)10-15(16)18(21-17)13-6-4-3-5-7-13/h8-10,12-13,17,20H,3-7,11H2,1-2H3/t17-/m1/s1. The van der Waals surface area contributed by atoms with Gasteiger partial charge < -0.3 is 5.32 Å². The molecule has 0 radical (unpaired) electrons. The zero-order valence-corrected chi connectivity index (χ0v) is 13.8. The molecule has 1 aliphatic heterocycles. The Kier molecular flexibility index (Phi) is 4.54. The third-order valence-corrected chi connectivity index (χ3v) is 5.06. The summed E-state index contributed by atoms with van der Waals surface area (Å²) in [4.78, 5) is 5.18. The monoisotopic (exact) mass is 304 g/mol. The second-order valence-corrected chi connectivity index (χ2v) is 7.17. The van der Waals surface area contributed by atoms with Crippen LogP contribution in [0.4, 0.5) is 5.69 Å². The Hall–Kier alpha value is -1.02. The van der Waals surface area contributed by atoms with Gasteiger partial charge in [0.15, 0.2) is 0 Å². The predicted octanol–water partition coefficient (Wildman–Crippen LogP) is 5.16. The molecule has 114 valence electrons. The normalized spacial score (nSPS) is 23.2. The fraction of sp³-hybridized carbons (Fsp3) is 0.611. The summed E-state index contributed by atoms with van der Waals surface area (Å²) in [6.07, 6.45) is 6.59. The van der Waals surface area contributed by atoms with Crippen LogP contribution in [-0.4, -0.2) is 18.3 Å². The number of benzodiazepines with no additional fused rings is 1. The molecule has 1 saturated carbocycles. The molecule has 2 nitrogen and oxygen atoms in total. The molecule has 1 aromatic rings. The number of anilines is 1. The lowest BCUT2D eigenvalue weighted by Crippen LogP contribution is -2.25. The first-order valence-corrected chi connectivity index (χ1v) is 8.64. The average molecular weight is 305 g/mol. The highest BCUT2D eigenvalue weighted by Gasteiger charge is 2.27. The molecule has 1 N–H and O–H groups in total. The molecule has 1 heterocycles. The van der Waals surface area contributed by atoms with Crippen LogP contribution in [0.1, 0.15) is 51.5 Å². The smallest absolute Gasteiger partial charge is 0.0698 e. The van der Waals surface area contributed by atoms with Crippen molar-refractivity contribution in [2.45, 2.75) is 52.0 Å². The minimum Gasteiger partial charge on any atom is -0.382 e. The Balaban J connectivity index is 2.02. The number of aliphatic imine (C=N–C) groups is 1. The SMILES string of the molecule is CC(C)[C@H]1CNc2ccc(Cl)cc2C(C2CCCCC2)=N1. The molecule has 21 heavy (non-hydrogen) atoms. The van der Waals surface area contributed by atoms with E-state index in [1.165, 1.54) is 49.1 Å². The third-order valence-electron chi connectivity index (χ3n) is 4.83. The number of hydrogen-bond acceptors (Lipinski definition) is 2. The molecule has 0 bridgehead atoms. The quantitative estimate of drug-likeness (QED) is 0.802. The van der Waals surface area contributed by atoms with Crippen LogP contribution >= 0.6 is 11.6 Å². The average Bonchev–Trinajstić information content (AvgIpc) is 2.67. The predicted molar refractivity (Wildman–Crippen MR) is 91.7 cm³/mol. The largest absolute Gasteiger partial charge is 0.382 e. The van der Waals surface area contributed by atoms with Crippen LogP contribution in [-0.2, 0) is 0 Å². The molecule has 0 aromatic heterocycles. The molecule has 1 aliphatic carbocycles. The van der Waals surface area contributed by atoms with Gasteiger partial charge in [0.2, 0.25) is 0 Å². The zero-order valence-electron chi connectivity index (χ0n) is 13.0. The van der Waals surface area contributed by atoms with Crippen LogP contribution < -0.4 is 5.32 Å². The van der Waals surface area contributed by atoms with E-state index >= 15 is 0 Å². The van der Waals surface area contributed by atoms with Crippen LogP contribution in [0.5, 0.6) is 0 Å². The molecular formula is C18H25ClN2. The molecular weight excluding hydrogens is 280 g/mol. The first-order chi connectivity index (χ1) is 10.1. The minimum atomic E-state index is 0.355. The van der Waals surface area contributed by atoms with E-state index in [0.29, 0.717) is 17.9 Å². The van der Waals surface area contributed by atoms with E-state index in [1.807, 2.05) is 6.07 Å².